The van der Waals surface area contributed by atoms with Crippen molar-refractivity contribution in [3.05, 3.63) is 41.6 Å². The number of pyridine rings is 1. The maximum absolute atomic E-state index is 10.2. The number of hydrogen-bond donors (Lipinski definition) is 4. The molecule has 24 heavy (non-hydrogen) atoms. The van der Waals surface area contributed by atoms with E-state index in [2.05, 4.69) is 0 Å². The summed E-state index contributed by atoms with van der Waals surface area (Å²) in [6.07, 6.45) is 3.29. The number of aromatic nitrogens is 1. The van der Waals surface area contributed by atoms with E-state index in [1.165, 1.54) is 6.07 Å². The highest BCUT2D eigenvalue weighted by Crippen LogP contribution is 2.41. The summed E-state index contributed by atoms with van der Waals surface area (Å²) in [5.74, 6) is -0.498. The largest absolute Gasteiger partial charge is 0.504 e. The number of phenolic OH excluding ortho intramolecular Hbond substituents is 4. The van der Waals surface area contributed by atoms with E-state index in [1.54, 1.807) is 18.2 Å². The molecule has 5 nitrogen and oxygen atoms in total. The van der Waals surface area contributed by atoms with Crippen molar-refractivity contribution in [3.8, 4) is 34.3 Å². The van der Waals surface area contributed by atoms with Crippen molar-refractivity contribution < 1.29 is 25.0 Å². The van der Waals surface area contributed by atoms with Gasteiger partial charge in [0.1, 0.15) is 0 Å². The molecule has 1 aliphatic heterocycles. The Morgan fingerprint density at radius 1 is 0.958 bits per heavy atom. The van der Waals surface area contributed by atoms with E-state index in [1.807, 2.05) is 17.7 Å². The van der Waals surface area contributed by atoms with E-state index in [0.717, 1.165) is 40.6 Å². The fraction of sp³-hybridized carbons (Fsp3) is 0.211. The number of fused-ring (bicyclic) bond motifs is 4. The van der Waals surface area contributed by atoms with Gasteiger partial charge in [0.05, 0.1) is 10.9 Å². The zero-order chi connectivity index (χ0) is 17.0. The zero-order valence-electron chi connectivity index (χ0n) is 13.2. The van der Waals surface area contributed by atoms with Crippen molar-refractivity contribution in [3.63, 3.8) is 0 Å². The van der Waals surface area contributed by atoms with Gasteiger partial charge in [0.25, 0.3) is 0 Å². The van der Waals surface area contributed by atoms with Gasteiger partial charge in [-0.3, -0.25) is 0 Å². The molecule has 0 fully saturated rings. The summed E-state index contributed by atoms with van der Waals surface area (Å²) in [4.78, 5) is 0. The summed E-state index contributed by atoms with van der Waals surface area (Å²) >= 11 is 0. The quantitative estimate of drug-likeness (QED) is 0.410. The molecule has 4 rings (SSSR count). The summed E-state index contributed by atoms with van der Waals surface area (Å²) in [5.41, 5.74) is 3.89. The molecular weight excluding hydrogens is 306 g/mol. The first kappa shape index (κ1) is 14.6. The summed E-state index contributed by atoms with van der Waals surface area (Å²) in [6, 6.07) is 6.51. The van der Waals surface area contributed by atoms with Crippen LogP contribution in [-0.4, -0.2) is 20.4 Å². The molecule has 122 valence electrons. The maximum Gasteiger partial charge on any atom is 0.216 e. The van der Waals surface area contributed by atoms with Crippen LogP contribution in [0.1, 0.15) is 18.1 Å². The molecule has 0 unspecified atom stereocenters. The molecule has 5 heteroatoms. The van der Waals surface area contributed by atoms with Crippen molar-refractivity contribution in [1.29, 1.82) is 0 Å². The molecule has 3 aromatic rings. The fourth-order valence-corrected chi connectivity index (χ4v) is 3.65. The predicted octanol–water partition coefficient (Wildman–Crippen LogP) is 2.74. The highest BCUT2D eigenvalue weighted by atomic mass is 16.3. The van der Waals surface area contributed by atoms with Gasteiger partial charge in [-0.25, -0.2) is 0 Å². The predicted molar refractivity (Wildman–Crippen MR) is 89.3 cm³/mol. The Hall–Kier alpha value is -2.95. The minimum atomic E-state index is -0.141. The van der Waals surface area contributed by atoms with E-state index in [9.17, 15) is 20.4 Å². The van der Waals surface area contributed by atoms with E-state index >= 15 is 0 Å². The van der Waals surface area contributed by atoms with E-state index in [0.29, 0.717) is 11.9 Å². The molecule has 2 aromatic carbocycles. The number of aryl methyl sites for hydroxylation is 3. The number of benzene rings is 2. The van der Waals surface area contributed by atoms with Crippen LogP contribution in [0.3, 0.4) is 0 Å². The van der Waals surface area contributed by atoms with Crippen molar-refractivity contribution in [2.75, 3.05) is 0 Å². The second-order valence-electron chi connectivity index (χ2n) is 6.15. The van der Waals surface area contributed by atoms with Crippen LogP contribution in [0.2, 0.25) is 0 Å². The second kappa shape index (κ2) is 5.03. The highest BCUT2D eigenvalue weighted by Gasteiger charge is 2.29. The minimum Gasteiger partial charge on any atom is -0.504 e. The maximum atomic E-state index is 10.2. The molecule has 0 amide bonds. The first-order chi connectivity index (χ1) is 11.5. The molecule has 2 heterocycles. The monoisotopic (exact) mass is 324 g/mol. The Balaban J connectivity index is 2.12. The lowest BCUT2D eigenvalue weighted by atomic mass is 9.90. The Morgan fingerprint density at radius 2 is 1.71 bits per heavy atom. The van der Waals surface area contributed by atoms with Crippen LogP contribution in [0.4, 0.5) is 0 Å². The summed E-state index contributed by atoms with van der Waals surface area (Å²) in [7, 11) is 0. The molecule has 1 aliphatic rings. The summed E-state index contributed by atoms with van der Waals surface area (Å²) in [6.45, 7) is 2.73. The van der Waals surface area contributed by atoms with Crippen LogP contribution >= 0.6 is 0 Å². The van der Waals surface area contributed by atoms with E-state index in [4.69, 9.17) is 0 Å². The standard InChI is InChI=1S/C19H17NO4/c1-2-11-12-3-4-15(21)19(24)14(12)9-20-6-5-10-7-16(22)17(23)8-13(10)18(11)20/h3-4,7-9H,2,5-6H2,1H3,(H3,21,22,23,24)/p+1. The van der Waals surface area contributed by atoms with Crippen molar-refractivity contribution in [1.82, 2.24) is 0 Å². The lowest BCUT2D eigenvalue weighted by Crippen LogP contribution is -2.41. The van der Waals surface area contributed by atoms with Crippen LogP contribution in [-0.2, 0) is 19.4 Å². The summed E-state index contributed by atoms with van der Waals surface area (Å²) < 4.78 is 2.04. The van der Waals surface area contributed by atoms with Crippen LogP contribution < -0.4 is 4.57 Å². The van der Waals surface area contributed by atoms with Crippen LogP contribution in [0, 0.1) is 0 Å². The fourth-order valence-electron chi connectivity index (χ4n) is 3.65. The van der Waals surface area contributed by atoms with Crippen molar-refractivity contribution in [2.24, 2.45) is 0 Å². The molecule has 0 saturated heterocycles. The SMILES string of the molecule is CCc1c2[n+](cc3c(O)c(O)ccc13)CCc1cc(O)c(O)cc1-2. The molecule has 0 spiro atoms. The first-order valence-corrected chi connectivity index (χ1v) is 7.96. The van der Waals surface area contributed by atoms with Gasteiger partial charge in [-0.2, -0.15) is 4.57 Å². The third kappa shape index (κ3) is 1.91. The lowest BCUT2D eigenvalue weighted by Gasteiger charge is -2.19. The Bertz CT molecular complexity index is 995. The summed E-state index contributed by atoms with van der Waals surface area (Å²) in [5, 5.41) is 41.2. The van der Waals surface area contributed by atoms with Crippen molar-refractivity contribution in [2.45, 2.75) is 26.3 Å². The Labute approximate surface area is 138 Å². The van der Waals surface area contributed by atoms with Gasteiger partial charge < -0.3 is 20.4 Å². The number of aromatic hydroxyl groups is 4. The normalized spacial score (nSPS) is 12.9. The van der Waals surface area contributed by atoms with Gasteiger partial charge in [0.15, 0.2) is 35.7 Å². The Kier molecular flexibility index (Phi) is 3.06. The first-order valence-electron chi connectivity index (χ1n) is 7.96. The third-order valence-corrected chi connectivity index (χ3v) is 4.81. The number of phenols is 4. The van der Waals surface area contributed by atoms with Crippen LogP contribution in [0.15, 0.2) is 30.5 Å². The van der Waals surface area contributed by atoms with E-state index < -0.39 is 0 Å². The van der Waals surface area contributed by atoms with Gasteiger partial charge >= 0.3 is 0 Å². The molecule has 0 saturated carbocycles. The third-order valence-electron chi connectivity index (χ3n) is 4.81. The smallest absolute Gasteiger partial charge is 0.216 e. The number of nitrogens with zero attached hydrogens (tertiary/aromatic N) is 1. The lowest BCUT2D eigenvalue weighted by molar-refractivity contribution is -0.686. The minimum absolute atomic E-state index is 0.108. The molecule has 0 atom stereocenters. The Morgan fingerprint density at radius 3 is 2.46 bits per heavy atom. The van der Waals surface area contributed by atoms with Gasteiger partial charge in [0.2, 0.25) is 5.69 Å². The van der Waals surface area contributed by atoms with Crippen molar-refractivity contribution >= 4 is 10.8 Å². The molecule has 4 N–H and O–H groups in total. The van der Waals surface area contributed by atoms with Gasteiger partial charge in [-0.05, 0) is 36.2 Å². The molecule has 0 aliphatic carbocycles. The number of rotatable bonds is 1. The van der Waals surface area contributed by atoms with Gasteiger partial charge in [0, 0.05) is 17.4 Å². The molecule has 0 bridgehead atoms. The zero-order valence-corrected chi connectivity index (χ0v) is 13.2. The molecule has 1 aromatic heterocycles. The second-order valence-corrected chi connectivity index (χ2v) is 6.15. The van der Waals surface area contributed by atoms with E-state index in [-0.39, 0.29) is 23.0 Å². The topological polar surface area (TPSA) is 84.8 Å². The molecular formula is C19H18NO4+. The average molecular weight is 324 g/mol. The molecule has 0 radical (unpaired) electrons. The number of hydrogen-bond acceptors (Lipinski definition) is 4. The average Bonchev–Trinajstić information content (AvgIpc) is 2.57. The van der Waals surface area contributed by atoms with Gasteiger partial charge in [-0.1, -0.05) is 6.92 Å². The van der Waals surface area contributed by atoms with Gasteiger partial charge in [-0.15, -0.1) is 0 Å². The highest BCUT2D eigenvalue weighted by molar-refractivity contribution is 5.94. The van der Waals surface area contributed by atoms with Crippen LogP contribution in [0.25, 0.3) is 22.0 Å². The van der Waals surface area contributed by atoms with Crippen LogP contribution in [0.5, 0.6) is 23.0 Å².